The summed E-state index contributed by atoms with van der Waals surface area (Å²) < 4.78 is 5.14. The molecule has 2 aromatic rings. The summed E-state index contributed by atoms with van der Waals surface area (Å²) in [7, 11) is 3.67. The normalized spacial score (nSPS) is 13.1. The van der Waals surface area contributed by atoms with Gasteiger partial charge < -0.3 is 15.0 Å². The third-order valence-electron chi connectivity index (χ3n) is 2.56. The highest BCUT2D eigenvalue weighted by atomic mass is 32.2. The first-order chi connectivity index (χ1) is 8.33. The zero-order chi connectivity index (χ0) is 12.1. The number of benzene rings is 1. The Labute approximate surface area is 105 Å². The van der Waals surface area contributed by atoms with Crippen LogP contribution < -0.4 is 5.32 Å². The van der Waals surface area contributed by atoms with Gasteiger partial charge in [0.15, 0.2) is 5.16 Å². The SMILES string of the molecule is CNC(COC)CSc1nc2ccccc2[nH]1. The van der Waals surface area contributed by atoms with Crippen LogP contribution >= 0.6 is 11.8 Å². The summed E-state index contributed by atoms with van der Waals surface area (Å²) in [6.07, 6.45) is 0. The van der Waals surface area contributed by atoms with Gasteiger partial charge in [0.1, 0.15) is 0 Å². The highest BCUT2D eigenvalue weighted by Crippen LogP contribution is 2.19. The lowest BCUT2D eigenvalue weighted by Crippen LogP contribution is -2.32. The average molecular weight is 251 g/mol. The van der Waals surface area contributed by atoms with Crippen molar-refractivity contribution in [3.8, 4) is 0 Å². The van der Waals surface area contributed by atoms with E-state index in [1.54, 1.807) is 18.9 Å². The van der Waals surface area contributed by atoms with Crippen molar-refractivity contribution in [1.82, 2.24) is 15.3 Å². The number of methoxy groups -OCH3 is 1. The maximum Gasteiger partial charge on any atom is 0.166 e. The monoisotopic (exact) mass is 251 g/mol. The molecule has 0 amide bonds. The van der Waals surface area contributed by atoms with Gasteiger partial charge in [0.05, 0.1) is 17.6 Å². The van der Waals surface area contributed by atoms with Crippen molar-refractivity contribution in [1.29, 1.82) is 0 Å². The summed E-state index contributed by atoms with van der Waals surface area (Å²) in [6, 6.07) is 8.41. The van der Waals surface area contributed by atoms with Gasteiger partial charge in [0.25, 0.3) is 0 Å². The van der Waals surface area contributed by atoms with Crippen molar-refractivity contribution >= 4 is 22.8 Å². The molecule has 0 fully saturated rings. The molecule has 2 rings (SSSR count). The van der Waals surface area contributed by atoms with Gasteiger partial charge in [-0.3, -0.25) is 0 Å². The number of H-pyrrole nitrogens is 1. The van der Waals surface area contributed by atoms with Crippen molar-refractivity contribution in [3.05, 3.63) is 24.3 Å². The first-order valence-corrected chi connectivity index (χ1v) is 6.56. The van der Waals surface area contributed by atoms with Gasteiger partial charge >= 0.3 is 0 Å². The molecular weight excluding hydrogens is 234 g/mol. The minimum atomic E-state index is 0.346. The topological polar surface area (TPSA) is 49.9 Å². The third-order valence-corrected chi connectivity index (χ3v) is 3.60. The number of fused-ring (bicyclic) bond motifs is 1. The molecule has 1 aromatic heterocycles. The zero-order valence-corrected chi connectivity index (χ0v) is 10.9. The van der Waals surface area contributed by atoms with Crippen molar-refractivity contribution in [2.75, 3.05) is 26.5 Å². The van der Waals surface area contributed by atoms with E-state index in [0.29, 0.717) is 12.6 Å². The summed E-state index contributed by atoms with van der Waals surface area (Å²) >= 11 is 1.71. The second-order valence-electron chi connectivity index (χ2n) is 3.81. The van der Waals surface area contributed by atoms with E-state index in [1.165, 1.54) is 0 Å². The zero-order valence-electron chi connectivity index (χ0n) is 10.1. The molecule has 0 saturated heterocycles. The molecule has 17 heavy (non-hydrogen) atoms. The van der Waals surface area contributed by atoms with Crippen molar-refractivity contribution in [2.24, 2.45) is 0 Å². The first kappa shape index (κ1) is 12.4. The standard InChI is InChI=1S/C12H17N3OS/c1-13-9(7-16-2)8-17-12-14-10-5-3-4-6-11(10)15-12/h3-6,9,13H,7-8H2,1-2H3,(H,14,15). The number of rotatable bonds is 6. The van der Waals surface area contributed by atoms with E-state index in [9.17, 15) is 0 Å². The average Bonchev–Trinajstić information content (AvgIpc) is 2.77. The van der Waals surface area contributed by atoms with Crippen LogP contribution in [-0.2, 0) is 4.74 Å². The lowest BCUT2D eigenvalue weighted by Gasteiger charge is -2.13. The van der Waals surface area contributed by atoms with Gasteiger partial charge in [-0.1, -0.05) is 23.9 Å². The number of aromatic nitrogens is 2. The van der Waals surface area contributed by atoms with Crippen LogP contribution in [0, 0.1) is 0 Å². The Morgan fingerprint density at radius 3 is 3.00 bits per heavy atom. The smallest absolute Gasteiger partial charge is 0.166 e. The maximum atomic E-state index is 5.14. The molecule has 0 bridgehead atoms. The number of imidazole rings is 1. The lowest BCUT2D eigenvalue weighted by molar-refractivity contribution is 0.177. The fourth-order valence-corrected chi connectivity index (χ4v) is 2.56. The molecule has 4 nitrogen and oxygen atoms in total. The molecule has 1 atom stereocenters. The molecule has 0 aliphatic heterocycles. The highest BCUT2D eigenvalue weighted by Gasteiger charge is 2.08. The van der Waals surface area contributed by atoms with E-state index in [-0.39, 0.29) is 0 Å². The second kappa shape index (κ2) is 6.05. The number of likely N-dealkylation sites (N-methyl/N-ethyl adjacent to an activating group) is 1. The van der Waals surface area contributed by atoms with E-state index in [4.69, 9.17) is 4.74 Å². The first-order valence-electron chi connectivity index (χ1n) is 5.57. The van der Waals surface area contributed by atoms with Gasteiger partial charge in [-0.05, 0) is 19.2 Å². The number of hydrogen-bond acceptors (Lipinski definition) is 4. The van der Waals surface area contributed by atoms with Gasteiger partial charge in [0.2, 0.25) is 0 Å². The fraction of sp³-hybridized carbons (Fsp3) is 0.417. The van der Waals surface area contributed by atoms with E-state index in [2.05, 4.69) is 15.3 Å². The van der Waals surface area contributed by atoms with E-state index in [1.807, 2.05) is 31.3 Å². The molecule has 5 heteroatoms. The Morgan fingerprint density at radius 2 is 2.29 bits per heavy atom. The summed E-state index contributed by atoms with van der Waals surface area (Å²) in [5, 5.41) is 4.18. The quantitative estimate of drug-likeness (QED) is 0.770. The molecule has 1 aromatic carbocycles. The number of nitrogens with one attached hydrogen (secondary N) is 2. The van der Waals surface area contributed by atoms with Gasteiger partial charge in [-0.25, -0.2) is 4.98 Å². The number of hydrogen-bond donors (Lipinski definition) is 2. The van der Waals surface area contributed by atoms with Crippen LogP contribution in [0.2, 0.25) is 0 Å². The Balaban J connectivity index is 1.98. The highest BCUT2D eigenvalue weighted by molar-refractivity contribution is 7.99. The van der Waals surface area contributed by atoms with Crippen molar-refractivity contribution < 1.29 is 4.74 Å². The van der Waals surface area contributed by atoms with Crippen molar-refractivity contribution in [2.45, 2.75) is 11.2 Å². The van der Waals surface area contributed by atoms with Crippen molar-refractivity contribution in [3.63, 3.8) is 0 Å². The van der Waals surface area contributed by atoms with E-state index < -0.39 is 0 Å². The van der Waals surface area contributed by atoms with Crippen LogP contribution in [0.4, 0.5) is 0 Å². The van der Waals surface area contributed by atoms with Gasteiger partial charge in [-0.15, -0.1) is 0 Å². The second-order valence-corrected chi connectivity index (χ2v) is 4.82. The van der Waals surface area contributed by atoms with Gasteiger partial charge in [-0.2, -0.15) is 0 Å². The predicted octanol–water partition coefficient (Wildman–Crippen LogP) is 1.89. The minimum absolute atomic E-state index is 0.346. The number of ether oxygens (including phenoxy) is 1. The molecule has 0 saturated carbocycles. The minimum Gasteiger partial charge on any atom is -0.383 e. The summed E-state index contributed by atoms with van der Waals surface area (Å²) in [5.41, 5.74) is 2.10. The Bertz CT molecular complexity index is 438. The van der Waals surface area contributed by atoms with Crippen LogP contribution in [0.5, 0.6) is 0 Å². The molecule has 0 aliphatic rings. The van der Waals surface area contributed by atoms with Crippen LogP contribution in [0.3, 0.4) is 0 Å². The molecule has 1 unspecified atom stereocenters. The Kier molecular flexibility index (Phi) is 4.42. The summed E-state index contributed by atoms with van der Waals surface area (Å²) in [6.45, 7) is 0.712. The number of aromatic amines is 1. The molecule has 0 aliphatic carbocycles. The summed E-state index contributed by atoms with van der Waals surface area (Å²) in [4.78, 5) is 7.82. The molecular formula is C12H17N3OS. The molecule has 92 valence electrons. The fourth-order valence-electron chi connectivity index (χ4n) is 1.59. The van der Waals surface area contributed by atoms with Crippen LogP contribution in [-0.4, -0.2) is 42.5 Å². The lowest BCUT2D eigenvalue weighted by atomic mass is 10.3. The van der Waals surface area contributed by atoms with Crippen LogP contribution in [0.15, 0.2) is 29.4 Å². The Morgan fingerprint density at radius 1 is 1.47 bits per heavy atom. The molecule has 0 radical (unpaired) electrons. The van der Waals surface area contributed by atoms with Gasteiger partial charge in [0, 0.05) is 18.9 Å². The predicted molar refractivity (Wildman–Crippen MR) is 71.5 cm³/mol. The van der Waals surface area contributed by atoms with E-state index >= 15 is 0 Å². The number of thioether (sulfide) groups is 1. The number of para-hydroxylation sites is 2. The van der Waals surface area contributed by atoms with Crippen LogP contribution in [0.1, 0.15) is 0 Å². The number of nitrogens with zero attached hydrogens (tertiary/aromatic N) is 1. The van der Waals surface area contributed by atoms with E-state index in [0.717, 1.165) is 21.9 Å². The largest absolute Gasteiger partial charge is 0.383 e. The third kappa shape index (κ3) is 3.21. The maximum absolute atomic E-state index is 5.14. The van der Waals surface area contributed by atoms with Crippen LogP contribution in [0.25, 0.3) is 11.0 Å². The molecule has 0 spiro atoms. The molecule has 2 N–H and O–H groups in total. The molecule has 1 heterocycles. The summed E-state index contributed by atoms with van der Waals surface area (Å²) in [5.74, 6) is 0.935. The Hall–Kier alpha value is -1.04.